The second kappa shape index (κ2) is 14.2. The lowest BCUT2D eigenvalue weighted by Crippen LogP contribution is -2.47. The molecule has 0 spiro atoms. The lowest BCUT2D eigenvalue weighted by molar-refractivity contribution is -0.133. The van der Waals surface area contributed by atoms with E-state index in [1.807, 2.05) is 18.2 Å². The van der Waals surface area contributed by atoms with Crippen LogP contribution in [-0.2, 0) is 9.59 Å². The van der Waals surface area contributed by atoms with E-state index in [-0.39, 0.29) is 58.8 Å². The molecule has 0 bridgehead atoms. The summed E-state index contributed by atoms with van der Waals surface area (Å²) in [6, 6.07) is 14.3. The number of nitrogens with one attached hydrogen (secondary N) is 2. The van der Waals surface area contributed by atoms with Gasteiger partial charge < -0.3 is 25.4 Å². The Morgan fingerprint density at radius 2 is 1.74 bits per heavy atom. The van der Waals surface area contributed by atoms with Crippen LogP contribution in [0.5, 0.6) is 17.4 Å². The van der Waals surface area contributed by atoms with E-state index >= 15 is 4.39 Å². The van der Waals surface area contributed by atoms with E-state index < -0.39 is 11.9 Å². The summed E-state index contributed by atoms with van der Waals surface area (Å²) in [5.74, 6) is -1.05. The monoisotopic (exact) mass is 681 g/mol. The summed E-state index contributed by atoms with van der Waals surface area (Å²) in [7, 11) is 0. The third-order valence-corrected chi connectivity index (χ3v) is 9.96. The van der Waals surface area contributed by atoms with Gasteiger partial charge >= 0.3 is 0 Å². The van der Waals surface area contributed by atoms with Crippen molar-refractivity contribution in [3.05, 3.63) is 77.5 Å². The number of anilines is 2. The first kappa shape index (κ1) is 33.2. The van der Waals surface area contributed by atoms with Gasteiger partial charge in [0.1, 0.15) is 35.3 Å². The van der Waals surface area contributed by atoms with Crippen molar-refractivity contribution < 1.29 is 27.8 Å². The summed E-state index contributed by atoms with van der Waals surface area (Å²) in [5.41, 5.74) is 8.25. The van der Waals surface area contributed by atoms with Gasteiger partial charge in [-0.3, -0.25) is 14.9 Å². The molecule has 3 heterocycles. The minimum atomic E-state index is -0.694. The van der Waals surface area contributed by atoms with Crippen LogP contribution in [0.25, 0.3) is 11.0 Å². The third kappa shape index (κ3) is 7.16. The van der Waals surface area contributed by atoms with Crippen LogP contribution in [-0.4, -0.2) is 58.0 Å². The quantitative estimate of drug-likeness (QED) is 0.150. The zero-order valence-electron chi connectivity index (χ0n) is 27.3. The molecule has 0 radical (unpaired) electrons. The Kier molecular flexibility index (Phi) is 9.45. The average Bonchev–Trinajstić information content (AvgIpc) is 3.12. The van der Waals surface area contributed by atoms with Crippen molar-refractivity contribution in [2.75, 3.05) is 24.1 Å². The maximum Gasteiger partial charge on any atom is 0.249 e. The van der Waals surface area contributed by atoms with E-state index in [9.17, 15) is 19.2 Å². The van der Waals surface area contributed by atoms with E-state index in [4.69, 9.17) is 15.2 Å². The number of carbonyl (C=O) groups is 2. The van der Waals surface area contributed by atoms with Crippen LogP contribution in [0.3, 0.4) is 0 Å². The number of piperidine rings is 2. The van der Waals surface area contributed by atoms with Gasteiger partial charge in [-0.05, 0) is 92.8 Å². The largest absolute Gasteiger partial charge is 0.473 e. The van der Waals surface area contributed by atoms with E-state index in [2.05, 4.69) is 25.5 Å². The number of benzene rings is 3. The summed E-state index contributed by atoms with van der Waals surface area (Å²) < 4.78 is 41.6. The predicted molar refractivity (Wildman–Crippen MR) is 182 cm³/mol. The van der Waals surface area contributed by atoms with Gasteiger partial charge in [0.05, 0.1) is 22.9 Å². The van der Waals surface area contributed by atoms with E-state index in [1.54, 1.807) is 24.4 Å². The van der Waals surface area contributed by atoms with Crippen molar-refractivity contribution in [3.63, 3.8) is 0 Å². The topological polar surface area (TPSA) is 155 Å². The SMILES string of the molecule is N#Cc1c(N)ccc(F)c1Oc1ccc2ncc(OC3CCN(C4CCC(c5ccc(NC6CCC(=O)NC6=O)cc5F)CC4)CC3)nc2c1. The standard InChI is InChI=1S/C37H37F2N7O4/c38-28-8-9-30(41)27(19-40)36(28)50-25-6-10-31-33(18-25)44-35(20-42-31)49-24-13-15-46(16-14-24)23-4-1-21(2-5-23)26-7-3-22(17-29(26)39)43-32-11-12-34(47)45-37(32)48/h3,6-10,17-18,20-21,23-24,32,43H,1-2,4-5,11-16,41H2,(H,45,47,48). The smallest absolute Gasteiger partial charge is 0.249 e. The van der Waals surface area contributed by atoms with Crippen molar-refractivity contribution in [1.29, 1.82) is 5.26 Å². The first-order valence-electron chi connectivity index (χ1n) is 17.0. The van der Waals surface area contributed by atoms with Gasteiger partial charge in [0.25, 0.3) is 0 Å². The van der Waals surface area contributed by atoms with Crippen molar-refractivity contribution in [2.24, 2.45) is 0 Å². The summed E-state index contributed by atoms with van der Waals surface area (Å²) in [5, 5.41) is 14.8. The summed E-state index contributed by atoms with van der Waals surface area (Å²) >= 11 is 0. The van der Waals surface area contributed by atoms with Gasteiger partial charge in [0.2, 0.25) is 17.7 Å². The number of fused-ring (bicyclic) bond motifs is 1. The lowest BCUT2D eigenvalue weighted by atomic mass is 9.80. The number of ether oxygens (including phenoxy) is 2. The number of nitrogen functional groups attached to an aromatic ring is 1. The number of nitrogens with zero attached hydrogens (tertiary/aromatic N) is 4. The van der Waals surface area contributed by atoms with E-state index in [0.717, 1.165) is 57.7 Å². The molecule has 11 nitrogen and oxygen atoms in total. The van der Waals surface area contributed by atoms with Crippen LogP contribution in [0.15, 0.2) is 54.7 Å². The summed E-state index contributed by atoms with van der Waals surface area (Å²) in [6.07, 6.45) is 7.68. The van der Waals surface area contributed by atoms with Crippen molar-refractivity contribution in [1.82, 2.24) is 20.2 Å². The highest BCUT2D eigenvalue weighted by Gasteiger charge is 2.32. The molecule has 1 saturated carbocycles. The van der Waals surface area contributed by atoms with Gasteiger partial charge in [-0.15, -0.1) is 0 Å². The molecular weight excluding hydrogens is 644 g/mol. The van der Waals surface area contributed by atoms with Crippen LogP contribution in [0.1, 0.15) is 68.4 Å². The van der Waals surface area contributed by atoms with Gasteiger partial charge in [-0.1, -0.05) is 6.07 Å². The molecule has 2 saturated heterocycles. The Morgan fingerprint density at radius 1 is 0.940 bits per heavy atom. The molecule has 1 aliphatic carbocycles. The van der Waals surface area contributed by atoms with Crippen LogP contribution >= 0.6 is 0 Å². The molecule has 13 heteroatoms. The second-order valence-electron chi connectivity index (χ2n) is 13.2. The lowest BCUT2D eigenvalue weighted by Gasteiger charge is -2.40. The highest BCUT2D eigenvalue weighted by Crippen LogP contribution is 2.38. The predicted octanol–water partition coefficient (Wildman–Crippen LogP) is 5.94. The number of hydrogen-bond donors (Lipinski definition) is 3. The molecule has 1 unspecified atom stereocenters. The Morgan fingerprint density at radius 3 is 2.48 bits per heavy atom. The Bertz CT molecular complexity index is 1970. The van der Waals surface area contributed by atoms with Crippen molar-refractivity contribution in [3.8, 4) is 23.4 Å². The molecule has 1 aromatic heterocycles. The average molecular weight is 682 g/mol. The molecule has 2 aliphatic heterocycles. The molecule has 2 amide bonds. The normalized spacial score (nSPS) is 21.7. The van der Waals surface area contributed by atoms with Gasteiger partial charge in [-0.2, -0.15) is 5.26 Å². The van der Waals surface area contributed by atoms with E-state index in [1.165, 1.54) is 12.1 Å². The maximum absolute atomic E-state index is 15.2. The number of amides is 2. The number of rotatable bonds is 8. The molecule has 258 valence electrons. The number of nitrogens with two attached hydrogens (primary N) is 1. The minimum Gasteiger partial charge on any atom is -0.473 e. The number of hydrogen-bond acceptors (Lipinski definition) is 10. The first-order valence-corrected chi connectivity index (χ1v) is 17.0. The van der Waals surface area contributed by atoms with Crippen LogP contribution in [0.4, 0.5) is 20.2 Å². The molecule has 1 atom stereocenters. The number of nitriles is 1. The summed E-state index contributed by atoms with van der Waals surface area (Å²) in [6.45, 7) is 1.78. The number of aromatic nitrogens is 2. The molecular formula is C37H37F2N7O4. The zero-order valence-corrected chi connectivity index (χ0v) is 27.3. The second-order valence-corrected chi connectivity index (χ2v) is 13.2. The molecule has 4 N–H and O–H groups in total. The highest BCUT2D eigenvalue weighted by atomic mass is 19.1. The van der Waals surface area contributed by atoms with E-state index in [0.29, 0.717) is 40.6 Å². The van der Waals surface area contributed by atoms with Crippen molar-refractivity contribution >= 4 is 34.2 Å². The molecule has 3 fully saturated rings. The first-order chi connectivity index (χ1) is 24.2. The van der Waals surface area contributed by atoms with Crippen molar-refractivity contribution in [2.45, 2.75) is 75.5 Å². The van der Waals surface area contributed by atoms with Crippen LogP contribution in [0.2, 0.25) is 0 Å². The summed E-state index contributed by atoms with van der Waals surface area (Å²) in [4.78, 5) is 35.1. The van der Waals surface area contributed by atoms with Crippen LogP contribution < -0.4 is 25.8 Å². The Balaban J connectivity index is 0.903. The zero-order chi connectivity index (χ0) is 34.8. The Hall–Kier alpha value is -5.35. The number of halogens is 2. The van der Waals surface area contributed by atoms with Crippen LogP contribution in [0, 0.1) is 23.0 Å². The third-order valence-electron chi connectivity index (χ3n) is 9.96. The Labute approximate surface area is 287 Å². The molecule has 4 aromatic rings. The fourth-order valence-corrected chi connectivity index (χ4v) is 7.26. The minimum absolute atomic E-state index is 0.0188. The molecule has 3 aliphatic rings. The fourth-order valence-electron chi connectivity index (χ4n) is 7.26. The number of imide groups is 1. The fraction of sp³-hybridized carbons (Fsp3) is 0.378. The highest BCUT2D eigenvalue weighted by molar-refractivity contribution is 6.01. The number of likely N-dealkylation sites (tertiary alicyclic amines) is 1. The molecule has 3 aromatic carbocycles. The molecule has 7 rings (SSSR count). The van der Waals surface area contributed by atoms with Gasteiger partial charge in [0.15, 0.2) is 11.6 Å². The van der Waals surface area contributed by atoms with Gasteiger partial charge in [0, 0.05) is 37.3 Å². The molecule has 50 heavy (non-hydrogen) atoms. The number of carbonyl (C=O) groups excluding carboxylic acids is 2. The van der Waals surface area contributed by atoms with Gasteiger partial charge in [-0.25, -0.2) is 18.7 Å². The maximum atomic E-state index is 15.2.